The number of fused-ring (bicyclic) bond motifs is 1. The Bertz CT molecular complexity index is 731. The highest BCUT2D eigenvalue weighted by molar-refractivity contribution is 6.46. The van der Waals surface area contributed by atoms with Crippen molar-refractivity contribution in [3.05, 3.63) is 59.8 Å². The van der Waals surface area contributed by atoms with Crippen molar-refractivity contribution in [2.45, 2.75) is 13.8 Å². The summed E-state index contributed by atoms with van der Waals surface area (Å²) >= 11 is 0. The minimum absolute atomic E-state index is 0.834. The molecule has 0 unspecified atom stereocenters. The molecule has 0 aliphatic heterocycles. The molecule has 1 heterocycles. The lowest BCUT2D eigenvalue weighted by Crippen LogP contribution is -2.12. The number of benzene rings is 2. The normalized spacial score (nSPS) is 10.9. The van der Waals surface area contributed by atoms with E-state index in [4.69, 9.17) is 5.02 Å². The summed E-state index contributed by atoms with van der Waals surface area (Å²) < 4.78 is 2.26. The monoisotopic (exact) mass is 248 g/mol. The van der Waals surface area contributed by atoms with Gasteiger partial charge in [-0.2, -0.15) is 0 Å². The number of hydrogen-bond acceptors (Lipinski definition) is 1. The molecule has 0 saturated carbocycles. The van der Waals surface area contributed by atoms with Crippen LogP contribution >= 0.6 is 0 Å². The third-order valence-electron chi connectivity index (χ3n) is 3.71. The zero-order chi connectivity index (χ0) is 13.4. The largest absolute Gasteiger partial charge is 0.450 e. The fourth-order valence-corrected chi connectivity index (χ4v) is 2.58. The van der Waals surface area contributed by atoms with Crippen molar-refractivity contribution in [1.29, 1.82) is 0 Å². The Balaban J connectivity index is 2.34. The molecule has 1 N–H and O–H groups in total. The molecule has 1 aromatic heterocycles. The topological polar surface area (TPSA) is 25.2 Å². The maximum atomic E-state index is 9.15. The summed E-state index contributed by atoms with van der Waals surface area (Å²) in [5, 5.41) is 10.3. The highest BCUT2D eigenvalue weighted by Crippen LogP contribution is 2.27. The number of aromatic nitrogens is 1. The molecule has 2 nitrogen and oxygen atoms in total. The van der Waals surface area contributed by atoms with Crippen molar-refractivity contribution in [3.63, 3.8) is 0 Å². The summed E-state index contributed by atoms with van der Waals surface area (Å²) in [7, 11) is 1.15. The molecule has 93 valence electrons. The molecule has 0 spiro atoms. The summed E-state index contributed by atoms with van der Waals surface area (Å²) in [6.07, 6.45) is 0. The average Bonchev–Trinajstić information content (AvgIpc) is 2.71. The molecule has 0 saturated heterocycles. The molecule has 0 fully saturated rings. The Hall–Kier alpha value is -2.00. The van der Waals surface area contributed by atoms with Gasteiger partial charge in [-0.15, -0.1) is 0 Å². The molecule has 0 atom stereocenters. The van der Waals surface area contributed by atoms with Crippen LogP contribution in [0.15, 0.2) is 48.5 Å². The van der Waals surface area contributed by atoms with Gasteiger partial charge in [-0.1, -0.05) is 35.8 Å². The highest BCUT2D eigenvalue weighted by atomic mass is 16.2. The van der Waals surface area contributed by atoms with E-state index in [-0.39, 0.29) is 0 Å². The Morgan fingerprint density at radius 1 is 1.00 bits per heavy atom. The summed E-state index contributed by atoms with van der Waals surface area (Å²) in [5.41, 5.74) is 5.66. The summed E-state index contributed by atoms with van der Waals surface area (Å²) in [6.45, 7) is 4.25. The molecule has 3 aromatic rings. The van der Waals surface area contributed by atoms with Gasteiger partial charge in [0.15, 0.2) is 0 Å². The van der Waals surface area contributed by atoms with E-state index in [0.29, 0.717) is 0 Å². The number of aryl methyl sites for hydroxylation is 1. The van der Waals surface area contributed by atoms with E-state index in [2.05, 4.69) is 36.6 Å². The molecule has 0 amide bonds. The Morgan fingerprint density at radius 2 is 1.74 bits per heavy atom. The Kier molecular flexibility index (Phi) is 2.92. The van der Waals surface area contributed by atoms with Gasteiger partial charge >= 0.3 is 7.48 Å². The van der Waals surface area contributed by atoms with Crippen LogP contribution in [0.25, 0.3) is 16.6 Å². The van der Waals surface area contributed by atoms with E-state index >= 15 is 0 Å². The van der Waals surface area contributed by atoms with Crippen LogP contribution < -0.4 is 5.46 Å². The van der Waals surface area contributed by atoms with Crippen LogP contribution in [-0.2, 0) is 0 Å². The molecule has 0 aliphatic rings. The zero-order valence-electron chi connectivity index (χ0n) is 11.1. The van der Waals surface area contributed by atoms with Crippen LogP contribution in [0.1, 0.15) is 11.3 Å². The maximum absolute atomic E-state index is 9.15. The van der Waals surface area contributed by atoms with Gasteiger partial charge < -0.3 is 9.59 Å². The number of rotatable bonds is 2. The van der Waals surface area contributed by atoms with Crippen LogP contribution in [0.3, 0.4) is 0 Å². The number of nitrogens with zero attached hydrogens (tertiary/aromatic N) is 1. The molecule has 19 heavy (non-hydrogen) atoms. The first kappa shape index (κ1) is 12.1. The van der Waals surface area contributed by atoms with Gasteiger partial charge in [0.25, 0.3) is 0 Å². The van der Waals surface area contributed by atoms with Crippen LogP contribution in [0.5, 0.6) is 0 Å². The van der Waals surface area contributed by atoms with E-state index in [0.717, 1.165) is 12.9 Å². The lowest BCUT2D eigenvalue weighted by atomic mass is 9.87. The van der Waals surface area contributed by atoms with Crippen molar-refractivity contribution >= 4 is 23.8 Å². The fourth-order valence-electron chi connectivity index (χ4n) is 2.58. The average molecular weight is 248 g/mol. The Labute approximate surface area is 113 Å². The van der Waals surface area contributed by atoms with E-state index in [1.165, 1.54) is 27.8 Å². The third-order valence-corrected chi connectivity index (χ3v) is 3.71. The van der Waals surface area contributed by atoms with Gasteiger partial charge in [-0.3, -0.25) is 0 Å². The van der Waals surface area contributed by atoms with E-state index in [1.54, 1.807) is 0 Å². The van der Waals surface area contributed by atoms with Crippen molar-refractivity contribution in [2.75, 3.05) is 0 Å². The zero-order valence-corrected chi connectivity index (χ0v) is 11.1. The molecule has 3 rings (SSSR count). The first-order valence-corrected chi connectivity index (χ1v) is 6.37. The summed E-state index contributed by atoms with van der Waals surface area (Å²) in [5.74, 6) is 0. The fraction of sp³-hybridized carbons (Fsp3) is 0.125. The van der Waals surface area contributed by atoms with E-state index < -0.39 is 0 Å². The van der Waals surface area contributed by atoms with E-state index in [9.17, 15) is 0 Å². The number of hydrogen-bond donors (Lipinski definition) is 1. The van der Waals surface area contributed by atoms with Crippen LogP contribution in [0.4, 0.5) is 0 Å². The second-order valence-corrected chi connectivity index (χ2v) is 4.79. The quantitative estimate of drug-likeness (QED) is 0.692. The highest BCUT2D eigenvalue weighted by Gasteiger charge is 2.12. The summed E-state index contributed by atoms with van der Waals surface area (Å²) in [4.78, 5) is 0. The molecular weight excluding hydrogens is 233 g/mol. The lowest BCUT2D eigenvalue weighted by Gasteiger charge is -2.08. The van der Waals surface area contributed by atoms with Crippen LogP contribution in [0.2, 0.25) is 0 Å². The summed E-state index contributed by atoms with van der Waals surface area (Å²) in [6, 6.07) is 16.4. The predicted molar refractivity (Wildman–Crippen MR) is 80.4 cm³/mol. The predicted octanol–water partition coefficient (Wildman–Crippen LogP) is 2.48. The Morgan fingerprint density at radius 3 is 2.42 bits per heavy atom. The third kappa shape index (κ3) is 1.87. The van der Waals surface area contributed by atoms with Gasteiger partial charge in [0.2, 0.25) is 0 Å². The second-order valence-electron chi connectivity index (χ2n) is 4.79. The first-order chi connectivity index (χ1) is 9.22. The van der Waals surface area contributed by atoms with Gasteiger partial charge in [0.1, 0.15) is 0 Å². The minimum atomic E-state index is 0.834. The molecule has 1 radical (unpaired) electrons. The van der Waals surface area contributed by atoms with Gasteiger partial charge in [-0.25, -0.2) is 0 Å². The van der Waals surface area contributed by atoms with Crippen molar-refractivity contribution < 1.29 is 5.02 Å². The number of para-hydroxylation sites is 1. The SMILES string of the molecule is Cc1c(C)n(-c2ccccc2)c2ccc([B]O)cc12. The molecule has 2 aromatic carbocycles. The van der Waals surface area contributed by atoms with E-state index in [1.807, 2.05) is 30.3 Å². The second kappa shape index (κ2) is 4.59. The first-order valence-electron chi connectivity index (χ1n) is 6.37. The molecule has 3 heteroatoms. The van der Waals surface area contributed by atoms with Crippen molar-refractivity contribution in [2.24, 2.45) is 0 Å². The van der Waals surface area contributed by atoms with Crippen LogP contribution in [0, 0.1) is 13.8 Å². The van der Waals surface area contributed by atoms with Crippen molar-refractivity contribution in [3.8, 4) is 5.69 Å². The lowest BCUT2D eigenvalue weighted by molar-refractivity contribution is 0.615. The molecule has 0 aliphatic carbocycles. The van der Waals surface area contributed by atoms with Gasteiger partial charge in [-0.05, 0) is 37.6 Å². The smallest absolute Gasteiger partial charge is 0.326 e. The van der Waals surface area contributed by atoms with Gasteiger partial charge in [0, 0.05) is 16.8 Å². The standard InChI is InChI=1S/C16H15BNO/c1-11-12(2)18(14-6-4-3-5-7-14)16-9-8-13(17-19)10-15(11)16/h3-10,19H,1-2H3. The maximum Gasteiger partial charge on any atom is 0.326 e. The molecular formula is C16H15BNO. The minimum Gasteiger partial charge on any atom is -0.450 e. The van der Waals surface area contributed by atoms with Gasteiger partial charge in [0.05, 0.1) is 5.52 Å². The molecule has 0 bridgehead atoms. The van der Waals surface area contributed by atoms with Crippen LogP contribution in [-0.4, -0.2) is 17.1 Å². The van der Waals surface area contributed by atoms with Crippen molar-refractivity contribution in [1.82, 2.24) is 4.57 Å².